The molecule has 104 valence electrons. The third kappa shape index (κ3) is 3.40. The first-order valence-corrected chi connectivity index (χ1v) is 7.16. The fraction of sp³-hybridized carbons (Fsp3) is 0.167. The molecule has 1 aromatic carbocycles. The van der Waals surface area contributed by atoms with Crippen molar-refractivity contribution in [1.29, 1.82) is 0 Å². The Labute approximate surface area is 127 Å². The molecule has 1 N–H and O–H groups in total. The van der Waals surface area contributed by atoms with Gasteiger partial charge in [-0.25, -0.2) is 9.78 Å². The number of thiazole rings is 1. The van der Waals surface area contributed by atoms with Gasteiger partial charge in [-0.1, -0.05) is 11.3 Å². The van der Waals surface area contributed by atoms with Crippen molar-refractivity contribution in [3.05, 3.63) is 33.7 Å². The van der Waals surface area contributed by atoms with E-state index in [2.05, 4.69) is 31.1 Å². The molecule has 0 bridgehead atoms. The van der Waals surface area contributed by atoms with Crippen molar-refractivity contribution in [3.63, 3.8) is 0 Å². The molecule has 0 amide bonds. The number of aromatic carboxylic acids is 1. The average molecular weight is 355 g/mol. The van der Waals surface area contributed by atoms with E-state index in [9.17, 15) is 9.90 Å². The van der Waals surface area contributed by atoms with E-state index >= 15 is 0 Å². The minimum Gasteiger partial charge on any atom is -0.478 e. The lowest BCUT2D eigenvalue weighted by molar-refractivity contribution is 0.0698. The Morgan fingerprint density at radius 3 is 2.70 bits per heavy atom. The lowest BCUT2D eigenvalue weighted by Crippen LogP contribution is -2.09. The molecule has 1 heterocycles. The molecule has 20 heavy (non-hydrogen) atoms. The standard InChI is InChI=1S/C12H11BrN4O2S/c1-17(2)7-3-4-9(8(5-7)11(18)19)15-16-12-14-6-10(13)20-12/h3-6H,1-2H3,(H,18,19). The molecule has 0 aliphatic carbocycles. The predicted octanol–water partition coefficient (Wildman–Crippen LogP) is 4.09. The number of nitrogens with zero attached hydrogens (tertiary/aromatic N) is 4. The summed E-state index contributed by atoms with van der Waals surface area (Å²) in [6, 6.07) is 4.98. The summed E-state index contributed by atoms with van der Waals surface area (Å²) in [5.74, 6) is -1.04. The van der Waals surface area contributed by atoms with Crippen molar-refractivity contribution in [2.24, 2.45) is 10.2 Å². The van der Waals surface area contributed by atoms with Crippen molar-refractivity contribution in [3.8, 4) is 0 Å². The molecule has 2 rings (SSSR count). The molecule has 0 aliphatic heterocycles. The van der Waals surface area contributed by atoms with Crippen LogP contribution in [0.2, 0.25) is 0 Å². The van der Waals surface area contributed by atoms with Crippen LogP contribution in [0.15, 0.2) is 38.4 Å². The highest BCUT2D eigenvalue weighted by atomic mass is 79.9. The first-order valence-electron chi connectivity index (χ1n) is 5.55. The molecule has 2 aromatic rings. The molecule has 8 heteroatoms. The summed E-state index contributed by atoms with van der Waals surface area (Å²) >= 11 is 4.60. The summed E-state index contributed by atoms with van der Waals surface area (Å²) in [7, 11) is 3.69. The summed E-state index contributed by atoms with van der Waals surface area (Å²) in [6.07, 6.45) is 1.62. The van der Waals surface area contributed by atoms with Gasteiger partial charge in [-0.3, -0.25) is 0 Å². The van der Waals surface area contributed by atoms with Crippen LogP contribution in [0.25, 0.3) is 0 Å². The summed E-state index contributed by atoms with van der Waals surface area (Å²) in [6.45, 7) is 0. The number of azo groups is 1. The van der Waals surface area contributed by atoms with Gasteiger partial charge in [0.1, 0.15) is 5.69 Å². The third-order valence-corrected chi connectivity index (χ3v) is 3.80. The van der Waals surface area contributed by atoms with E-state index in [0.29, 0.717) is 10.8 Å². The number of carboxylic acids is 1. The van der Waals surface area contributed by atoms with Crippen LogP contribution in [-0.4, -0.2) is 30.2 Å². The van der Waals surface area contributed by atoms with E-state index in [4.69, 9.17) is 0 Å². The Morgan fingerprint density at radius 2 is 2.15 bits per heavy atom. The second-order valence-corrected chi connectivity index (χ2v) is 6.44. The largest absolute Gasteiger partial charge is 0.478 e. The van der Waals surface area contributed by atoms with Gasteiger partial charge in [-0.15, -0.1) is 10.2 Å². The highest BCUT2D eigenvalue weighted by Crippen LogP contribution is 2.29. The third-order valence-electron chi connectivity index (χ3n) is 2.44. The van der Waals surface area contributed by atoms with Gasteiger partial charge in [0, 0.05) is 19.8 Å². The van der Waals surface area contributed by atoms with Crippen molar-refractivity contribution < 1.29 is 9.90 Å². The van der Waals surface area contributed by atoms with Gasteiger partial charge in [0.05, 0.1) is 15.5 Å². The maximum Gasteiger partial charge on any atom is 0.338 e. The first-order chi connectivity index (χ1) is 9.47. The smallest absolute Gasteiger partial charge is 0.338 e. The molecular formula is C12H11BrN4O2S. The second kappa shape index (κ2) is 6.10. The van der Waals surface area contributed by atoms with Crippen molar-refractivity contribution in [2.75, 3.05) is 19.0 Å². The number of halogens is 1. The van der Waals surface area contributed by atoms with Crippen molar-refractivity contribution in [2.45, 2.75) is 0 Å². The van der Waals surface area contributed by atoms with Crippen LogP contribution in [0, 0.1) is 0 Å². The van der Waals surface area contributed by atoms with E-state index in [1.807, 2.05) is 19.0 Å². The number of carboxylic acid groups (broad SMARTS) is 1. The van der Waals surface area contributed by atoms with Crippen LogP contribution >= 0.6 is 27.3 Å². The first kappa shape index (κ1) is 14.6. The van der Waals surface area contributed by atoms with Gasteiger partial charge >= 0.3 is 5.97 Å². The lowest BCUT2D eigenvalue weighted by Gasteiger charge is -2.13. The Bertz CT molecular complexity index is 669. The Kier molecular flexibility index (Phi) is 4.46. The number of aromatic nitrogens is 1. The lowest BCUT2D eigenvalue weighted by atomic mass is 10.1. The molecule has 0 unspecified atom stereocenters. The number of hydrogen-bond donors (Lipinski definition) is 1. The molecule has 0 spiro atoms. The Balaban J connectivity index is 2.36. The molecule has 0 saturated carbocycles. The highest BCUT2D eigenvalue weighted by molar-refractivity contribution is 9.11. The fourth-order valence-corrected chi connectivity index (χ4v) is 2.45. The van der Waals surface area contributed by atoms with Crippen molar-refractivity contribution in [1.82, 2.24) is 4.98 Å². The molecule has 6 nitrogen and oxygen atoms in total. The van der Waals surface area contributed by atoms with Crippen LogP contribution in [0.5, 0.6) is 0 Å². The molecule has 0 aliphatic rings. The number of rotatable bonds is 4. The van der Waals surface area contributed by atoms with E-state index in [0.717, 1.165) is 9.47 Å². The van der Waals surface area contributed by atoms with Gasteiger partial charge in [-0.2, -0.15) is 0 Å². The normalized spacial score (nSPS) is 10.9. The van der Waals surface area contributed by atoms with Crippen LogP contribution in [-0.2, 0) is 0 Å². The number of benzene rings is 1. The monoisotopic (exact) mass is 354 g/mol. The maximum atomic E-state index is 11.3. The zero-order chi connectivity index (χ0) is 14.7. The van der Waals surface area contributed by atoms with Crippen LogP contribution < -0.4 is 4.90 Å². The van der Waals surface area contributed by atoms with Crippen LogP contribution in [0.3, 0.4) is 0 Å². The van der Waals surface area contributed by atoms with Gasteiger partial charge < -0.3 is 10.0 Å². The molecule has 0 atom stereocenters. The molecule has 0 radical (unpaired) electrons. The predicted molar refractivity (Wildman–Crippen MR) is 81.7 cm³/mol. The van der Waals surface area contributed by atoms with Crippen molar-refractivity contribution >= 4 is 49.7 Å². The SMILES string of the molecule is CN(C)c1ccc(N=Nc2ncc(Br)s2)c(C(=O)O)c1. The molecule has 0 saturated heterocycles. The van der Waals surface area contributed by atoms with Gasteiger partial charge in [0.2, 0.25) is 5.13 Å². The van der Waals surface area contributed by atoms with Crippen LogP contribution in [0.4, 0.5) is 16.5 Å². The van der Waals surface area contributed by atoms with E-state index in [1.54, 1.807) is 24.4 Å². The fourth-order valence-electron chi connectivity index (χ4n) is 1.45. The summed E-state index contributed by atoms with van der Waals surface area (Å²) in [5, 5.41) is 17.6. The van der Waals surface area contributed by atoms with Gasteiger partial charge in [-0.05, 0) is 34.1 Å². The zero-order valence-corrected chi connectivity index (χ0v) is 13.1. The van der Waals surface area contributed by atoms with E-state index < -0.39 is 5.97 Å². The molecule has 1 aromatic heterocycles. The average Bonchev–Trinajstić information content (AvgIpc) is 2.81. The summed E-state index contributed by atoms with van der Waals surface area (Å²) < 4.78 is 0.841. The Morgan fingerprint density at radius 1 is 1.40 bits per heavy atom. The maximum absolute atomic E-state index is 11.3. The number of carbonyl (C=O) groups is 1. The van der Waals surface area contributed by atoms with Gasteiger partial charge in [0.15, 0.2) is 0 Å². The number of hydrogen-bond acceptors (Lipinski definition) is 6. The zero-order valence-electron chi connectivity index (χ0n) is 10.7. The number of anilines is 1. The summed E-state index contributed by atoms with van der Waals surface area (Å²) in [5.41, 5.74) is 1.20. The topological polar surface area (TPSA) is 78.2 Å². The van der Waals surface area contributed by atoms with Gasteiger partial charge in [0.25, 0.3) is 0 Å². The molecule has 0 fully saturated rings. The van der Waals surface area contributed by atoms with Crippen LogP contribution in [0.1, 0.15) is 10.4 Å². The minimum atomic E-state index is -1.04. The minimum absolute atomic E-state index is 0.107. The van der Waals surface area contributed by atoms with E-state index in [-0.39, 0.29) is 5.56 Å². The second-order valence-electron chi connectivity index (χ2n) is 4.05. The summed E-state index contributed by atoms with van der Waals surface area (Å²) in [4.78, 5) is 17.1. The Hall–Kier alpha value is -1.80. The quantitative estimate of drug-likeness (QED) is 0.838. The molecular weight excluding hydrogens is 344 g/mol. The highest BCUT2D eigenvalue weighted by Gasteiger charge is 2.12. The van der Waals surface area contributed by atoms with E-state index in [1.165, 1.54) is 11.3 Å².